The quantitative estimate of drug-likeness (QED) is 0.637. The van der Waals surface area contributed by atoms with Crippen molar-refractivity contribution in [3.05, 3.63) is 11.6 Å². The molecule has 1 aliphatic heterocycles. The third-order valence-corrected chi connectivity index (χ3v) is 1.36. The molecule has 0 aromatic rings. The van der Waals surface area contributed by atoms with E-state index < -0.39 is 24.6 Å². The zero-order valence-electron chi connectivity index (χ0n) is 6.38. The summed E-state index contributed by atoms with van der Waals surface area (Å²) in [6.07, 6.45) is -1.26. The molecule has 0 saturated heterocycles. The first-order valence-corrected chi connectivity index (χ1v) is 3.35. The first kappa shape index (κ1) is 9.12. The first-order valence-electron chi connectivity index (χ1n) is 3.35. The van der Waals surface area contributed by atoms with E-state index in [0.29, 0.717) is 6.92 Å². The van der Waals surface area contributed by atoms with E-state index in [0.717, 1.165) is 6.08 Å². The van der Waals surface area contributed by atoms with E-state index in [4.69, 9.17) is 5.11 Å². The maximum absolute atomic E-state index is 12.4. The molecule has 1 atom stereocenters. The molecule has 1 heterocycles. The van der Waals surface area contributed by atoms with Crippen LogP contribution in [0.3, 0.4) is 0 Å². The summed E-state index contributed by atoms with van der Waals surface area (Å²) in [5.41, 5.74) is -0.0764. The van der Waals surface area contributed by atoms with Gasteiger partial charge in [-0.15, -0.1) is 0 Å². The molecular weight excluding hydrogens is 170 g/mol. The number of alkyl halides is 2. The van der Waals surface area contributed by atoms with Crippen molar-refractivity contribution in [1.29, 1.82) is 0 Å². The SMILES string of the molecule is CC(F)(F)CC1=CC(=O)OC1O. The highest BCUT2D eigenvalue weighted by Crippen LogP contribution is 2.27. The van der Waals surface area contributed by atoms with Gasteiger partial charge in [0.15, 0.2) is 0 Å². The molecule has 0 radical (unpaired) electrons. The highest BCUT2D eigenvalue weighted by Gasteiger charge is 2.31. The standard InChI is InChI=1S/C7H8F2O3/c1-7(8,9)3-4-2-5(10)12-6(4)11/h2,6,11H,3H2,1H3. The fourth-order valence-electron chi connectivity index (χ4n) is 0.939. The molecule has 68 valence electrons. The number of carbonyl (C=O) groups is 1. The average molecular weight is 178 g/mol. The van der Waals surface area contributed by atoms with Crippen LogP contribution in [0.15, 0.2) is 11.6 Å². The van der Waals surface area contributed by atoms with E-state index >= 15 is 0 Å². The second kappa shape index (κ2) is 2.82. The molecule has 0 aliphatic carbocycles. The van der Waals surface area contributed by atoms with E-state index in [1.54, 1.807) is 0 Å². The van der Waals surface area contributed by atoms with Crippen molar-refractivity contribution in [2.24, 2.45) is 0 Å². The second-order valence-corrected chi connectivity index (χ2v) is 2.76. The van der Waals surface area contributed by atoms with Crippen LogP contribution in [0.5, 0.6) is 0 Å². The Morgan fingerprint density at radius 3 is 2.67 bits per heavy atom. The van der Waals surface area contributed by atoms with Crippen LogP contribution in [0.25, 0.3) is 0 Å². The molecule has 0 fully saturated rings. The van der Waals surface area contributed by atoms with Gasteiger partial charge < -0.3 is 9.84 Å². The largest absolute Gasteiger partial charge is 0.429 e. The van der Waals surface area contributed by atoms with Crippen molar-refractivity contribution in [3.63, 3.8) is 0 Å². The average Bonchev–Trinajstić information content (AvgIpc) is 2.06. The van der Waals surface area contributed by atoms with Crippen LogP contribution in [-0.2, 0) is 9.53 Å². The number of hydrogen-bond donors (Lipinski definition) is 1. The Morgan fingerprint density at radius 1 is 1.75 bits per heavy atom. The Kier molecular flexibility index (Phi) is 2.14. The van der Waals surface area contributed by atoms with Crippen molar-refractivity contribution in [2.45, 2.75) is 25.6 Å². The summed E-state index contributed by atoms with van der Waals surface area (Å²) in [4.78, 5) is 10.4. The molecule has 0 bridgehead atoms. The van der Waals surface area contributed by atoms with Crippen LogP contribution >= 0.6 is 0 Å². The van der Waals surface area contributed by atoms with E-state index in [9.17, 15) is 13.6 Å². The number of hydrogen-bond acceptors (Lipinski definition) is 3. The number of esters is 1. The minimum absolute atomic E-state index is 0.0764. The van der Waals surface area contributed by atoms with Gasteiger partial charge in [-0.25, -0.2) is 13.6 Å². The van der Waals surface area contributed by atoms with Crippen LogP contribution in [0.4, 0.5) is 8.78 Å². The summed E-state index contributed by atoms with van der Waals surface area (Å²) in [6, 6.07) is 0. The zero-order chi connectivity index (χ0) is 9.35. The Balaban J connectivity index is 2.64. The van der Waals surface area contributed by atoms with Gasteiger partial charge in [0.1, 0.15) is 0 Å². The molecular formula is C7H8F2O3. The van der Waals surface area contributed by atoms with Gasteiger partial charge in [-0.2, -0.15) is 0 Å². The molecule has 0 amide bonds. The minimum Gasteiger partial charge on any atom is -0.429 e. The minimum atomic E-state index is -2.93. The summed E-state index contributed by atoms with van der Waals surface area (Å²) in [6.45, 7) is 0.712. The summed E-state index contributed by atoms with van der Waals surface area (Å²) < 4.78 is 28.9. The van der Waals surface area contributed by atoms with Crippen molar-refractivity contribution >= 4 is 5.97 Å². The van der Waals surface area contributed by atoms with Crippen molar-refractivity contribution in [2.75, 3.05) is 0 Å². The lowest BCUT2D eigenvalue weighted by molar-refractivity contribution is -0.151. The fraction of sp³-hybridized carbons (Fsp3) is 0.571. The fourth-order valence-corrected chi connectivity index (χ4v) is 0.939. The molecule has 1 N–H and O–H groups in total. The van der Waals surface area contributed by atoms with Gasteiger partial charge in [0.05, 0.1) is 0 Å². The van der Waals surface area contributed by atoms with Crippen LogP contribution in [-0.4, -0.2) is 23.3 Å². The van der Waals surface area contributed by atoms with Gasteiger partial charge in [0, 0.05) is 18.1 Å². The van der Waals surface area contributed by atoms with E-state index in [-0.39, 0.29) is 5.57 Å². The lowest BCUT2D eigenvalue weighted by Gasteiger charge is -2.12. The normalized spacial score (nSPS) is 23.8. The molecule has 12 heavy (non-hydrogen) atoms. The highest BCUT2D eigenvalue weighted by atomic mass is 19.3. The Hall–Kier alpha value is -0.970. The highest BCUT2D eigenvalue weighted by molar-refractivity contribution is 5.85. The van der Waals surface area contributed by atoms with Gasteiger partial charge in [-0.05, 0) is 6.92 Å². The second-order valence-electron chi connectivity index (χ2n) is 2.76. The lowest BCUT2D eigenvalue weighted by atomic mass is 10.1. The smallest absolute Gasteiger partial charge is 0.333 e. The van der Waals surface area contributed by atoms with Gasteiger partial charge in [-0.3, -0.25) is 0 Å². The number of aliphatic hydroxyl groups excluding tert-OH is 1. The number of aliphatic hydroxyl groups is 1. The van der Waals surface area contributed by atoms with Crippen molar-refractivity contribution < 1.29 is 23.4 Å². The van der Waals surface area contributed by atoms with Gasteiger partial charge >= 0.3 is 5.97 Å². The topological polar surface area (TPSA) is 46.5 Å². The van der Waals surface area contributed by atoms with E-state index in [1.165, 1.54) is 0 Å². The zero-order valence-corrected chi connectivity index (χ0v) is 6.38. The molecule has 1 unspecified atom stereocenters. The van der Waals surface area contributed by atoms with Crippen LogP contribution in [0, 0.1) is 0 Å². The molecule has 3 nitrogen and oxygen atoms in total. The molecule has 1 rings (SSSR count). The first-order chi connectivity index (χ1) is 5.38. The maximum Gasteiger partial charge on any atom is 0.333 e. The number of ether oxygens (including phenoxy) is 1. The molecule has 0 aromatic carbocycles. The molecule has 1 aliphatic rings. The summed E-state index contributed by atoms with van der Waals surface area (Å²) >= 11 is 0. The van der Waals surface area contributed by atoms with Gasteiger partial charge in [-0.1, -0.05) is 0 Å². The monoisotopic (exact) mass is 178 g/mol. The summed E-state index contributed by atoms with van der Waals surface area (Å²) in [5.74, 6) is -3.71. The molecule has 0 aromatic heterocycles. The van der Waals surface area contributed by atoms with Crippen LogP contribution < -0.4 is 0 Å². The number of carbonyl (C=O) groups excluding carboxylic acids is 1. The maximum atomic E-state index is 12.4. The molecule has 0 saturated carbocycles. The Labute approximate surface area is 67.6 Å². The third kappa shape index (κ3) is 2.27. The van der Waals surface area contributed by atoms with E-state index in [1.807, 2.05) is 0 Å². The summed E-state index contributed by atoms with van der Waals surface area (Å²) in [7, 11) is 0. The predicted molar refractivity (Wildman–Crippen MR) is 35.4 cm³/mol. The van der Waals surface area contributed by atoms with Gasteiger partial charge in [0.2, 0.25) is 12.2 Å². The van der Waals surface area contributed by atoms with Crippen LogP contribution in [0.1, 0.15) is 13.3 Å². The van der Waals surface area contributed by atoms with E-state index in [2.05, 4.69) is 4.74 Å². The van der Waals surface area contributed by atoms with Crippen LogP contribution in [0.2, 0.25) is 0 Å². The molecule has 0 spiro atoms. The third-order valence-electron chi connectivity index (χ3n) is 1.36. The number of rotatable bonds is 2. The number of cyclic esters (lactones) is 1. The Morgan fingerprint density at radius 2 is 2.33 bits per heavy atom. The van der Waals surface area contributed by atoms with Crippen molar-refractivity contribution in [1.82, 2.24) is 0 Å². The van der Waals surface area contributed by atoms with Gasteiger partial charge in [0.25, 0.3) is 0 Å². The van der Waals surface area contributed by atoms with Crippen molar-refractivity contribution in [3.8, 4) is 0 Å². The number of halogens is 2. The lowest BCUT2D eigenvalue weighted by Crippen LogP contribution is -2.17. The summed E-state index contributed by atoms with van der Waals surface area (Å²) in [5, 5.41) is 8.88. The molecule has 5 heteroatoms. The predicted octanol–water partition coefficient (Wildman–Crippen LogP) is 0.833. The Bertz CT molecular complexity index is 229.